The summed E-state index contributed by atoms with van der Waals surface area (Å²) in [5.74, 6) is -2.82. The number of rotatable bonds is 8. The van der Waals surface area contributed by atoms with Gasteiger partial charge in [-0.1, -0.05) is 30.3 Å². The van der Waals surface area contributed by atoms with Gasteiger partial charge < -0.3 is 15.7 Å². The summed E-state index contributed by atoms with van der Waals surface area (Å²) < 4.78 is 13.4. The minimum absolute atomic E-state index is 0.271. The van der Waals surface area contributed by atoms with Gasteiger partial charge >= 0.3 is 5.97 Å². The summed E-state index contributed by atoms with van der Waals surface area (Å²) in [4.78, 5) is 33.6. The van der Waals surface area contributed by atoms with Crippen LogP contribution in [0, 0.1) is 0 Å². The zero-order chi connectivity index (χ0) is 17.2. The number of halogens is 1. The van der Waals surface area contributed by atoms with Gasteiger partial charge in [0.05, 0.1) is 13.0 Å². The zero-order valence-electron chi connectivity index (χ0n) is 12.7. The average molecular weight is 322 g/mol. The van der Waals surface area contributed by atoms with Crippen LogP contribution in [0.1, 0.15) is 18.9 Å². The van der Waals surface area contributed by atoms with E-state index in [0.29, 0.717) is 0 Å². The molecule has 0 bridgehead atoms. The van der Waals surface area contributed by atoms with Gasteiger partial charge in [-0.15, -0.1) is 0 Å². The number of aliphatic carboxylic acids is 1. The summed E-state index contributed by atoms with van der Waals surface area (Å²) in [7, 11) is 0. The Morgan fingerprint density at radius 1 is 1.26 bits per heavy atom. The van der Waals surface area contributed by atoms with Crippen molar-refractivity contribution in [2.24, 2.45) is 0 Å². The number of carboxylic acid groups (broad SMARTS) is 1. The Bertz CT molecular complexity index is 587. The van der Waals surface area contributed by atoms with E-state index in [0.717, 1.165) is 11.6 Å². The molecule has 0 saturated carbocycles. The molecule has 124 valence electrons. The number of hydrogen-bond donors (Lipinski definition) is 3. The molecule has 1 aromatic rings. The van der Waals surface area contributed by atoms with Crippen molar-refractivity contribution < 1.29 is 23.9 Å². The van der Waals surface area contributed by atoms with Gasteiger partial charge in [0.2, 0.25) is 11.8 Å². The normalized spacial score (nSPS) is 12.3. The summed E-state index contributed by atoms with van der Waals surface area (Å²) >= 11 is 0. The van der Waals surface area contributed by atoms with Gasteiger partial charge in [0.1, 0.15) is 11.9 Å². The van der Waals surface area contributed by atoms with E-state index in [-0.39, 0.29) is 12.3 Å². The molecule has 6 nitrogen and oxygen atoms in total. The van der Waals surface area contributed by atoms with Gasteiger partial charge in [0.15, 0.2) is 0 Å². The van der Waals surface area contributed by atoms with Crippen LogP contribution in [0.2, 0.25) is 0 Å². The molecule has 0 aliphatic rings. The van der Waals surface area contributed by atoms with Gasteiger partial charge in [-0.3, -0.25) is 14.4 Å². The number of nitrogens with one attached hydrogen (secondary N) is 2. The molecule has 0 fully saturated rings. The molecule has 0 spiro atoms. The van der Waals surface area contributed by atoms with Gasteiger partial charge in [-0.25, -0.2) is 4.39 Å². The SMILES string of the molecule is CC(=O)N[C@@H](Cc1ccccc1)C(=O)NC/C(F)=C/CC(=O)O. The van der Waals surface area contributed by atoms with Crippen LogP contribution in [0.4, 0.5) is 4.39 Å². The lowest BCUT2D eigenvalue weighted by Gasteiger charge is -2.17. The smallest absolute Gasteiger partial charge is 0.307 e. The molecule has 0 aliphatic carbocycles. The van der Waals surface area contributed by atoms with Gasteiger partial charge in [-0.2, -0.15) is 0 Å². The number of carbonyl (C=O) groups excluding carboxylic acids is 2. The van der Waals surface area contributed by atoms with Crippen LogP contribution in [0.3, 0.4) is 0 Å². The van der Waals surface area contributed by atoms with Gasteiger partial charge in [-0.05, 0) is 11.6 Å². The molecule has 0 heterocycles. The minimum Gasteiger partial charge on any atom is -0.481 e. The Morgan fingerprint density at radius 2 is 1.91 bits per heavy atom. The van der Waals surface area contributed by atoms with E-state index < -0.39 is 36.7 Å². The fourth-order valence-corrected chi connectivity index (χ4v) is 1.87. The highest BCUT2D eigenvalue weighted by Crippen LogP contribution is 2.04. The summed E-state index contributed by atoms with van der Waals surface area (Å²) in [6.07, 6.45) is 0.695. The standard InChI is InChI=1S/C16H19FN2O4/c1-11(20)19-14(9-12-5-3-2-4-6-12)16(23)18-10-13(17)7-8-15(21)22/h2-7,14H,8-10H2,1H3,(H,18,23)(H,19,20)(H,21,22)/b13-7-/t14-/m0/s1. The van der Waals surface area contributed by atoms with Crippen molar-refractivity contribution in [3.8, 4) is 0 Å². The summed E-state index contributed by atoms with van der Waals surface area (Å²) in [6.45, 7) is 0.871. The predicted molar refractivity (Wildman–Crippen MR) is 82.2 cm³/mol. The molecule has 1 atom stereocenters. The molecule has 0 unspecified atom stereocenters. The first-order valence-corrected chi connectivity index (χ1v) is 7.03. The fourth-order valence-electron chi connectivity index (χ4n) is 1.87. The molecule has 3 N–H and O–H groups in total. The highest BCUT2D eigenvalue weighted by atomic mass is 19.1. The quantitative estimate of drug-likeness (QED) is 0.670. The van der Waals surface area contributed by atoms with Gasteiger partial charge in [0.25, 0.3) is 0 Å². The van der Waals surface area contributed by atoms with Crippen LogP contribution in [0.15, 0.2) is 42.2 Å². The molecule has 23 heavy (non-hydrogen) atoms. The van der Waals surface area contributed by atoms with Crippen LogP contribution >= 0.6 is 0 Å². The minimum atomic E-state index is -1.16. The Hall–Kier alpha value is -2.70. The van der Waals surface area contributed by atoms with Crippen molar-refractivity contribution >= 4 is 17.8 Å². The molecule has 7 heteroatoms. The van der Waals surface area contributed by atoms with Crippen molar-refractivity contribution in [1.82, 2.24) is 10.6 Å². The van der Waals surface area contributed by atoms with Crippen molar-refractivity contribution in [2.75, 3.05) is 6.54 Å². The van der Waals surface area contributed by atoms with Crippen molar-refractivity contribution in [1.29, 1.82) is 0 Å². The van der Waals surface area contributed by atoms with Gasteiger partial charge in [0, 0.05) is 13.3 Å². The molecular formula is C16H19FN2O4. The first kappa shape index (κ1) is 18.3. The second kappa shape index (κ2) is 9.34. The summed E-state index contributed by atoms with van der Waals surface area (Å²) in [6, 6.07) is 8.26. The van der Waals surface area contributed by atoms with Crippen molar-refractivity contribution in [3.63, 3.8) is 0 Å². The summed E-state index contributed by atoms with van der Waals surface area (Å²) in [5.41, 5.74) is 0.850. The molecule has 1 rings (SSSR count). The predicted octanol–water partition coefficient (Wildman–Crippen LogP) is 1.18. The molecule has 0 radical (unpaired) electrons. The highest BCUT2D eigenvalue weighted by molar-refractivity contribution is 5.87. The van der Waals surface area contributed by atoms with E-state index >= 15 is 0 Å². The lowest BCUT2D eigenvalue weighted by atomic mass is 10.1. The lowest BCUT2D eigenvalue weighted by Crippen LogP contribution is -2.47. The van der Waals surface area contributed by atoms with E-state index in [9.17, 15) is 18.8 Å². The van der Waals surface area contributed by atoms with E-state index in [1.807, 2.05) is 30.3 Å². The zero-order valence-corrected chi connectivity index (χ0v) is 12.7. The topological polar surface area (TPSA) is 95.5 Å². The van der Waals surface area contributed by atoms with Crippen LogP contribution in [-0.2, 0) is 20.8 Å². The van der Waals surface area contributed by atoms with E-state index in [2.05, 4.69) is 10.6 Å². The molecule has 0 aliphatic heterocycles. The Kier molecular flexibility index (Phi) is 7.45. The number of amides is 2. The Balaban J connectivity index is 2.63. The van der Waals surface area contributed by atoms with Crippen molar-refractivity contribution in [3.05, 3.63) is 47.8 Å². The summed E-state index contributed by atoms with van der Waals surface area (Å²) in [5, 5.41) is 13.3. The fraction of sp³-hybridized carbons (Fsp3) is 0.312. The molecule has 1 aromatic carbocycles. The van der Waals surface area contributed by atoms with E-state index in [1.54, 1.807) is 0 Å². The number of carbonyl (C=O) groups is 3. The maximum Gasteiger partial charge on any atom is 0.307 e. The Labute approximate surface area is 133 Å². The molecule has 2 amide bonds. The second-order valence-electron chi connectivity index (χ2n) is 4.91. The third kappa shape index (κ3) is 7.75. The third-order valence-electron chi connectivity index (χ3n) is 2.91. The second-order valence-corrected chi connectivity index (χ2v) is 4.91. The van der Waals surface area contributed by atoms with E-state index in [4.69, 9.17) is 5.11 Å². The van der Waals surface area contributed by atoms with Crippen LogP contribution in [0.25, 0.3) is 0 Å². The molecule has 0 aromatic heterocycles. The van der Waals surface area contributed by atoms with Crippen molar-refractivity contribution in [2.45, 2.75) is 25.8 Å². The first-order chi connectivity index (χ1) is 10.9. The lowest BCUT2D eigenvalue weighted by molar-refractivity contribution is -0.136. The molecule has 0 saturated heterocycles. The van der Waals surface area contributed by atoms with Crippen LogP contribution in [-0.4, -0.2) is 35.5 Å². The third-order valence-corrected chi connectivity index (χ3v) is 2.91. The Morgan fingerprint density at radius 3 is 2.48 bits per heavy atom. The monoisotopic (exact) mass is 322 g/mol. The number of hydrogen-bond acceptors (Lipinski definition) is 3. The largest absolute Gasteiger partial charge is 0.481 e. The maximum atomic E-state index is 13.4. The molecular weight excluding hydrogens is 303 g/mol. The highest BCUT2D eigenvalue weighted by Gasteiger charge is 2.19. The average Bonchev–Trinajstić information content (AvgIpc) is 2.50. The number of carboxylic acids is 1. The van der Waals surface area contributed by atoms with Crippen LogP contribution < -0.4 is 10.6 Å². The maximum absolute atomic E-state index is 13.4. The number of benzene rings is 1. The first-order valence-electron chi connectivity index (χ1n) is 7.03. The van der Waals surface area contributed by atoms with E-state index in [1.165, 1.54) is 6.92 Å². The van der Waals surface area contributed by atoms with Crippen LogP contribution in [0.5, 0.6) is 0 Å².